The van der Waals surface area contributed by atoms with E-state index in [1.54, 1.807) is 12.3 Å². The molecular weight excluding hydrogens is 224 g/mol. The molecule has 0 saturated carbocycles. The van der Waals surface area contributed by atoms with Gasteiger partial charge in [0.15, 0.2) is 0 Å². The minimum Gasteiger partial charge on any atom is -0.352 e. The second-order valence-electron chi connectivity index (χ2n) is 3.36. The fourth-order valence-corrected chi connectivity index (χ4v) is 1.82. The lowest BCUT2D eigenvalue weighted by atomic mass is 10.1. The van der Waals surface area contributed by atoms with Gasteiger partial charge in [-0.05, 0) is 19.1 Å². The van der Waals surface area contributed by atoms with Crippen LogP contribution in [0.25, 0.3) is 10.9 Å². The number of aromatic nitrogens is 1. The van der Waals surface area contributed by atoms with E-state index in [1.165, 1.54) is 0 Å². The lowest BCUT2D eigenvalue weighted by Crippen LogP contribution is -2.23. The average Bonchev–Trinajstić information content (AvgIpc) is 2.29. The van der Waals surface area contributed by atoms with Crippen LogP contribution in [0.4, 0.5) is 0 Å². The number of nitrogens with one attached hydrogen (secondary N) is 1. The minimum absolute atomic E-state index is 0.184. The smallest absolute Gasteiger partial charge is 0.255 e. The number of carbonyl (C=O) groups is 1. The van der Waals surface area contributed by atoms with Crippen molar-refractivity contribution >= 4 is 28.4 Å². The van der Waals surface area contributed by atoms with Crippen molar-refractivity contribution in [1.82, 2.24) is 10.3 Å². The largest absolute Gasteiger partial charge is 0.352 e. The van der Waals surface area contributed by atoms with Crippen LogP contribution in [-0.4, -0.2) is 17.4 Å². The number of benzene rings is 1. The first-order valence-corrected chi connectivity index (χ1v) is 5.43. The van der Waals surface area contributed by atoms with Crippen molar-refractivity contribution in [3.63, 3.8) is 0 Å². The molecule has 4 heteroatoms. The summed E-state index contributed by atoms with van der Waals surface area (Å²) in [5.41, 5.74) is 1.09. The van der Waals surface area contributed by atoms with Gasteiger partial charge in [-0.3, -0.25) is 9.78 Å². The minimum atomic E-state index is -0.184. The van der Waals surface area contributed by atoms with Crippen LogP contribution in [0, 0.1) is 0 Å². The van der Waals surface area contributed by atoms with Gasteiger partial charge in [-0.1, -0.05) is 23.7 Å². The molecule has 0 aliphatic heterocycles. The summed E-state index contributed by atoms with van der Waals surface area (Å²) in [6, 6.07) is 7.31. The first-order chi connectivity index (χ1) is 7.74. The summed E-state index contributed by atoms with van der Waals surface area (Å²) in [6.07, 6.45) is 1.65. The highest BCUT2D eigenvalue weighted by Crippen LogP contribution is 2.24. The second kappa shape index (κ2) is 4.49. The maximum atomic E-state index is 11.8. The van der Waals surface area contributed by atoms with E-state index in [4.69, 9.17) is 11.6 Å². The van der Waals surface area contributed by atoms with E-state index in [-0.39, 0.29) is 5.91 Å². The zero-order chi connectivity index (χ0) is 11.5. The predicted molar refractivity (Wildman–Crippen MR) is 64.8 cm³/mol. The molecular formula is C12H11ClN2O. The van der Waals surface area contributed by atoms with Crippen LogP contribution < -0.4 is 5.32 Å². The summed E-state index contributed by atoms with van der Waals surface area (Å²) in [6.45, 7) is 2.43. The van der Waals surface area contributed by atoms with Crippen molar-refractivity contribution in [2.45, 2.75) is 6.92 Å². The molecule has 0 spiro atoms. The molecule has 1 aromatic carbocycles. The molecule has 1 aromatic heterocycles. The van der Waals surface area contributed by atoms with Crippen LogP contribution in [0.2, 0.25) is 5.02 Å². The topological polar surface area (TPSA) is 42.0 Å². The van der Waals surface area contributed by atoms with Gasteiger partial charge < -0.3 is 5.32 Å². The molecule has 0 saturated heterocycles. The third-order valence-corrected chi connectivity index (χ3v) is 2.60. The highest BCUT2D eigenvalue weighted by Gasteiger charge is 2.14. The van der Waals surface area contributed by atoms with Crippen LogP contribution >= 0.6 is 11.6 Å². The first-order valence-electron chi connectivity index (χ1n) is 5.05. The molecule has 3 nitrogen and oxygen atoms in total. The Bertz CT molecular complexity index is 540. The van der Waals surface area contributed by atoms with E-state index >= 15 is 0 Å². The SMILES string of the molecule is CCNC(=O)c1c(Cl)ccc2cccnc12. The quantitative estimate of drug-likeness (QED) is 0.868. The third kappa shape index (κ3) is 1.86. The van der Waals surface area contributed by atoms with Crippen LogP contribution in [0.15, 0.2) is 30.5 Å². The molecule has 0 atom stereocenters. The number of hydrogen-bond donors (Lipinski definition) is 1. The van der Waals surface area contributed by atoms with Crippen LogP contribution in [0.3, 0.4) is 0 Å². The van der Waals surface area contributed by atoms with Gasteiger partial charge >= 0.3 is 0 Å². The van der Waals surface area contributed by atoms with Gasteiger partial charge in [-0.25, -0.2) is 0 Å². The van der Waals surface area contributed by atoms with E-state index in [1.807, 2.05) is 25.1 Å². The Labute approximate surface area is 98.4 Å². The predicted octanol–water partition coefficient (Wildman–Crippen LogP) is 2.64. The number of hydrogen-bond acceptors (Lipinski definition) is 2. The number of amides is 1. The number of nitrogens with zero attached hydrogens (tertiary/aromatic N) is 1. The molecule has 0 radical (unpaired) electrons. The standard InChI is InChI=1S/C12H11ClN2O/c1-2-14-12(16)10-9(13)6-5-8-4-3-7-15-11(8)10/h3-7H,2H2,1H3,(H,14,16). The van der Waals surface area contributed by atoms with Crippen molar-refractivity contribution in [3.8, 4) is 0 Å². The van der Waals surface area contributed by atoms with Crippen molar-refractivity contribution in [2.75, 3.05) is 6.54 Å². The Morgan fingerprint density at radius 1 is 1.44 bits per heavy atom. The molecule has 82 valence electrons. The van der Waals surface area contributed by atoms with Gasteiger partial charge in [0, 0.05) is 18.1 Å². The van der Waals surface area contributed by atoms with E-state index in [9.17, 15) is 4.79 Å². The summed E-state index contributed by atoms with van der Waals surface area (Å²) in [5.74, 6) is -0.184. The molecule has 0 fully saturated rings. The zero-order valence-electron chi connectivity index (χ0n) is 8.83. The van der Waals surface area contributed by atoms with E-state index < -0.39 is 0 Å². The van der Waals surface area contributed by atoms with Crippen LogP contribution in [0.1, 0.15) is 17.3 Å². The van der Waals surface area contributed by atoms with Crippen molar-refractivity contribution in [2.24, 2.45) is 0 Å². The Hall–Kier alpha value is -1.61. The third-order valence-electron chi connectivity index (χ3n) is 2.29. The van der Waals surface area contributed by atoms with Crippen LogP contribution in [-0.2, 0) is 0 Å². The Morgan fingerprint density at radius 3 is 3.00 bits per heavy atom. The van der Waals surface area contributed by atoms with E-state index in [2.05, 4.69) is 10.3 Å². The van der Waals surface area contributed by atoms with Gasteiger partial charge in [0.05, 0.1) is 16.1 Å². The summed E-state index contributed by atoms with van der Waals surface area (Å²) < 4.78 is 0. The number of carbonyl (C=O) groups excluding carboxylic acids is 1. The fourth-order valence-electron chi connectivity index (χ4n) is 1.59. The highest BCUT2D eigenvalue weighted by atomic mass is 35.5. The maximum Gasteiger partial charge on any atom is 0.255 e. The Balaban J connectivity index is 2.66. The Morgan fingerprint density at radius 2 is 2.25 bits per heavy atom. The molecule has 2 aromatic rings. The molecule has 1 N–H and O–H groups in total. The van der Waals surface area contributed by atoms with Gasteiger partial charge in [0.2, 0.25) is 0 Å². The van der Waals surface area contributed by atoms with Gasteiger partial charge in [-0.2, -0.15) is 0 Å². The molecule has 1 heterocycles. The monoisotopic (exact) mass is 234 g/mol. The fraction of sp³-hybridized carbons (Fsp3) is 0.167. The summed E-state index contributed by atoms with van der Waals surface area (Å²) in [7, 11) is 0. The number of rotatable bonds is 2. The molecule has 1 amide bonds. The summed E-state index contributed by atoms with van der Waals surface area (Å²) in [5, 5.41) is 4.07. The second-order valence-corrected chi connectivity index (χ2v) is 3.76. The number of halogens is 1. The first kappa shape index (κ1) is 10.9. The van der Waals surface area contributed by atoms with Crippen molar-refractivity contribution in [3.05, 3.63) is 41.0 Å². The van der Waals surface area contributed by atoms with Crippen LogP contribution in [0.5, 0.6) is 0 Å². The lowest BCUT2D eigenvalue weighted by molar-refractivity contribution is 0.0957. The normalized spacial score (nSPS) is 10.4. The molecule has 0 unspecified atom stereocenters. The number of fused-ring (bicyclic) bond motifs is 1. The van der Waals surface area contributed by atoms with Gasteiger partial charge in [0.1, 0.15) is 0 Å². The molecule has 0 aliphatic rings. The molecule has 0 bridgehead atoms. The summed E-state index contributed by atoms with van der Waals surface area (Å²) >= 11 is 6.03. The number of pyridine rings is 1. The zero-order valence-corrected chi connectivity index (χ0v) is 9.58. The van der Waals surface area contributed by atoms with E-state index in [0.717, 1.165) is 5.39 Å². The molecule has 2 rings (SSSR count). The van der Waals surface area contributed by atoms with Crippen molar-refractivity contribution in [1.29, 1.82) is 0 Å². The van der Waals surface area contributed by atoms with Gasteiger partial charge in [-0.15, -0.1) is 0 Å². The summed E-state index contributed by atoms with van der Waals surface area (Å²) in [4.78, 5) is 16.0. The highest BCUT2D eigenvalue weighted by molar-refractivity contribution is 6.35. The molecule has 0 aliphatic carbocycles. The lowest BCUT2D eigenvalue weighted by Gasteiger charge is -2.07. The van der Waals surface area contributed by atoms with E-state index in [0.29, 0.717) is 22.6 Å². The average molecular weight is 235 g/mol. The Kier molecular flexibility index (Phi) is 3.06. The maximum absolute atomic E-state index is 11.8. The van der Waals surface area contributed by atoms with Gasteiger partial charge in [0.25, 0.3) is 5.91 Å². The van der Waals surface area contributed by atoms with Crippen molar-refractivity contribution < 1.29 is 4.79 Å². The molecule has 16 heavy (non-hydrogen) atoms.